The summed E-state index contributed by atoms with van der Waals surface area (Å²) in [6.45, 7) is 10.0. The Morgan fingerprint density at radius 2 is 2.07 bits per heavy atom. The van der Waals surface area contributed by atoms with Gasteiger partial charge < -0.3 is 5.11 Å². The van der Waals surface area contributed by atoms with Crippen molar-refractivity contribution in [1.29, 1.82) is 5.26 Å². The Morgan fingerprint density at radius 3 is 2.43 bits per heavy atom. The average molecular weight is 196 g/mol. The van der Waals surface area contributed by atoms with Crippen molar-refractivity contribution in [2.75, 3.05) is 13.1 Å². The summed E-state index contributed by atoms with van der Waals surface area (Å²) in [5.74, 6) is 0.0282. The fraction of sp³-hybridized carbons (Fsp3) is 0.909. The molecule has 0 unspecified atom stereocenters. The van der Waals surface area contributed by atoms with Gasteiger partial charge in [-0.1, -0.05) is 6.92 Å². The predicted octanol–water partition coefficient (Wildman–Crippen LogP) is 1.38. The molecule has 0 bridgehead atoms. The molecule has 1 aliphatic heterocycles. The standard InChI is InChI=1S/C11H20N2O/c1-9-7-13(10(2,3)4)6-5-11(9,14)8-12/h9,14H,5-7H2,1-4H3/t9-,11+/m1/s1. The lowest BCUT2D eigenvalue weighted by Crippen LogP contribution is -2.55. The van der Waals surface area contributed by atoms with Crippen molar-refractivity contribution < 1.29 is 5.11 Å². The molecule has 1 rings (SSSR count). The number of nitrogens with zero attached hydrogens (tertiary/aromatic N) is 2. The number of aliphatic hydroxyl groups is 1. The summed E-state index contributed by atoms with van der Waals surface area (Å²) < 4.78 is 0. The van der Waals surface area contributed by atoms with Crippen LogP contribution < -0.4 is 0 Å². The summed E-state index contributed by atoms with van der Waals surface area (Å²) in [5, 5.41) is 18.8. The SMILES string of the molecule is C[C@@H]1CN(C(C)(C)C)CC[C@]1(O)C#N. The van der Waals surface area contributed by atoms with Crippen LogP contribution in [0.5, 0.6) is 0 Å². The van der Waals surface area contributed by atoms with Crippen LogP contribution in [0.15, 0.2) is 0 Å². The minimum absolute atomic E-state index is 0.0282. The van der Waals surface area contributed by atoms with Gasteiger partial charge in [0.05, 0.1) is 6.07 Å². The molecular formula is C11H20N2O. The van der Waals surface area contributed by atoms with Gasteiger partial charge >= 0.3 is 0 Å². The molecule has 1 N–H and O–H groups in total. The average Bonchev–Trinajstić information content (AvgIpc) is 2.08. The van der Waals surface area contributed by atoms with Gasteiger partial charge in [-0.3, -0.25) is 4.90 Å². The first-order valence-corrected chi connectivity index (χ1v) is 5.18. The summed E-state index contributed by atoms with van der Waals surface area (Å²) in [6, 6.07) is 2.03. The fourth-order valence-corrected chi connectivity index (χ4v) is 1.90. The van der Waals surface area contributed by atoms with Gasteiger partial charge in [-0.2, -0.15) is 5.26 Å². The summed E-state index contributed by atoms with van der Waals surface area (Å²) in [6.07, 6.45) is 0.557. The molecule has 0 aliphatic carbocycles. The first-order chi connectivity index (χ1) is 6.29. The van der Waals surface area contributed by atoms with E-state index >= 15 is 0 Å². The van der Waals surface area contributed by atoms with Crippen LogP contribution in [0.2, 0.25) is 0 Å². The summed E-state index contributed by atoms with van der Waals surface area (Å²) in [4.78, 5) is 2.32. The molecule has 0 radical (unpaired) electrons. The van der Waals surface area contributed by atoms with Crippen molar-refractivity contribution in [1.82, 2.24) is 4.90 Å². The Balaban J connectivity index is 2.70. The van der Waals surface area contributed by atoms with Crippen LogP contribution in [0.3, 0.4) is 0 Å². The zero-order chi connectivity index (χ0) is 11.0. The van der Waals surface area contributed by atoms with Crippen LogP contribution in [-0.4, -0.2) is 34.2 Å². The third-order valence-electron chi connectivity index (χ3n) is 3.21. The number of hydrogen-bond donors (Lipinski definition) is 1. The van der Waals surface area contributed by atoms with Gasteiger partial charge in [0.25, 0.3) is 0 Å². The Hall–Kier alpha value is -0.590. The number of piperidine rings is 1. The van der Waals surface area contributed by atoms with Crippen LogP contribution in [0.4, 0.5) is 0 Å². The predicted molar refractivity (Wildman–Crippen MR) is 55.7 cm³/mol. The number of hydrogen-bond acceptors (Lipinski definition) is 3. The maximum absolute atomic E-state index is 9.94. The molecule has 3 heteroatoms. The maximum Gasteiger partial charge on any atom is 0.156 e. The number of rotatable bonds is 0. The Morgan fingerprint density at radius 1 is 1.50 bits per heavy atom. The molecule has 80 valence electrons. The highest BCUT2D eigenvalue weighted by Crippen LogP contribution is 2.30. The quantitative estimate of drug-likeness (QED) is 0.595. The van der Waals surface area contributed by atoms with E-state index in [0.717, 1.165) is 13.1 Å². The highest BCUT2D eigenvalue weighted by molar-refractivity contribution is 5.07. The number of nitriles is 1. The van der Waals surface area contributed by atoms with Gasteiger partial charge in [-0.25, -0.2) is 0 Å². The second-order valence-electron chi connectivity index (χ2n) is 5.30. The molecule has 3 nitrogen and oxygen atoms in total. The molecule has 1 fully saturated rings. The Kier molecular flexibility index (Phi) is 2.89. The molecule has 1 saturated heterocycles. The van der Waals surface area contributed by atoms with Crippen molar-refractivity contribution >= 4 is 0 Å². The molecule has 2 atom stereocenters. The molecule has 0 spiro atoms. The van der Waals surface area contributed by atoms with Crippen molar-refractivity contribution in [3.63, 3.8) is 0 Å². The molecule has 1 heterocycles. The van der Waals surface area contributed by atoms with E-state index in [1.165, 1.54) is 0 Å². The zero-order valence-electron chi connectivity index (χ0n) is 9.54. The first-order valence-electron chi connectivity index (χ1n) is 5.18. The third-order valence-corrected chi connectivity index (χ3v) is 3.21. The summed E-state index contributed by atoms with van der Waals surface area (Å²) in [5.41, 5.74) is -0.979. The summed E-state index contributed by atoms with van der Waals surface area (Å²) >= 11 is 0. The van der Waals surface area contributed by atoms with Gasteiger partial charge in [-0.15, -0.1) is 0 Å². The maximum atomic E-state index is 9.94. The molecular weight excluding hydrogens is 176 g/mol. The van der Waals surface area contributed by atoms with E-state index in [1.54, 1.807) is 0 Å². The van der Waals surface area contributed by atoms with Gasteiger partial charge in [0, 0.05) is 31.0 Å². The first kappa shape index (κ1) is 11.5. The van der Waals surface area contributed by atoms with Crippen LogP contribution in [0.1, 0.15) is 34.1 Å². The van der Waals surface area contributed by atoms with Crippen molar-refractivity contribution in [3.8, 4) is 6.07 Å². The monoisotopic (exact) mass is 196 g/mol. The highest BCUT2D eigenvalue weighted by Gasteiger charge is 2.41. The van der Waals surface area contributed by atoms with Gasteiger partial charge in [0.2, 0.25) is 0 Å². The molecule has 0 aromatic heterocycles. The van der Waals surface area contributed by atoms with E-state index in [0.29, 0.717) is 6.42 Å². The van der Waals surface area contributed by atoms with Crippen LogP contribution >= 0.6 is 0 Å². The lowest BCUT2D eigenvalue weighted by atomic mass is 9.82. The second-order valence-corrected chi connectivity index (χ2v) is 5.30. The minimum atomic E-state index is -1.11. The second kappa shape index (κ2) is 3.52. The van der Waals surface area contributed by atoms with Crippen LogP contribution in [-0.2, 0) is 0 Å². The van der Waals surface area contributed by atoms with E-state index < -0.39 is 5.60 Å². The lowest BCUT2D eigenvalue weighted by molar-refractivity contribution is -0.0454. The Labute approximate surface area is 86.3 Å². The molecule has 14 heavy (non-hydrogen) atoms. The van der Waals surface area contributed by atoms with E-state index in [-0.39, 0.29) is 11.5 Å². The van der Waals surface area contributed by atoms with Gasteiger partial charge in [0.15, 0.2) is 5.60 Å². The van der Waals surface area contributed by atoms with E-state index in [9.17, 15) is 5.11 Å². The van der Waals surface area contributed by atoms with E-state index in [4.69, 9.17) is 5.26 Å². The van der Waals surface area contributed by atoms with E-state index in [2.05, 4.69) is 25.7 Å². The van der Waals surface area contributed by atoms with Crippen LogP contribution in [0.25, 0.3) is 0 Å². The number of likely N-dealkylation sites (tertiary alicyclic amines) is 1. The van der Waals surface area contributed by atoms with Crippen molar-refractivity contribution in [2.45, 2.75) is 45.3 Å². The largest absolute Gasteiger partial charge is 0.375 e. The smallest absolute Gasteiger partial charge is 0.156 e. The van der Waals surface area contributed by atoms with E-state index in [1.807, 2.05) is 13.0 Å². The van der Waals surface area contributed by atoms with Gasteiger partial charge in [-0.05, 0) is 20.8 Å². The fourth-order valence-electron chi connectivity index (χ4n) is 1.90. The minimum Gasteiger partial charge on any atom is -0.375 e. The van der Waals surface area contributed by atoms with Gasteiger partial charge in [0.1, 0.15) is 0 Å². The summed E-state index contributed by atoms with van der Waals surface area (Å²) in [7, 11) is 0. The van der Waals surface area contributed by atoms with Crippen molar-refractivity contribution in [2.24, 2.45) is 5.92 Å². The normalized spacial score (nSPS) is 35.3. The lowest BCUT2D eigenvalue weighted by Gasteiger charge is -2.45. The highest BCUT2D eigenvalue weighted by atomic mass is 16.3. The molecule has 0 aromatic rings. The molecule has 0 aromatic carbocycles. The zero-order valence-corrected chi connectivity index (χ0v) is 9.54. The third kappa shape index (κ3) is 2.08. The molecule has 0 amide bonds. The topological polar surface area (TPSA) is 47.3 Å². The van der Waals surface area contributed by atoms with Crippen molar-refractivity contribution in [3.05, 3.63) is 0 Å². The Bertz CT molecular complexity index is 251. The molecule has 1 aliphatic rings. The van der Waals surface area contributed by atoms with Crippen LogP contribution in [0, 0.1) is 17.2 Å². The molecule has 0 saturated carbocycles.